The second-order valence-electron chi connectivity index (χ2n) is 9.49. The molecule has 36 heavy (non-hydrogen) atoms. The summed E-state index contributed by atoms with van der Waals surface area (Å²) in [6, 6.07) is 19.3. The molecule has 2 aliphatic heterocycles. The second-order valence-corrected chi connectivity index (χ2v) is 9.49. The van der Waals surface area contributed by atoms with E-state index in [-0.39, 0.29) is 11.9 Å². The van der Waals surface area contributed by atoms with Crippen molar-refractivity contribution in [1.82, 2.24) is 14.5 Å². The minimum atomic E-state index is -0.312. The summed E-state index contributed by atoms with van der Waals surface area (Å²) in [5.41, 5.74) is 13.3. The average Bonchev–Trinajstić information content (AvgIpc) is 3.14. The van der Waals surface area contributed by atoms with E-state index in [1.165, 1.54) is 12.1 Å². The normalized spacial score (nSPS) is 17.9. The third-order valence-electron chi connectivity index (χ3n) is 7.04. The van der Waals surface area contributed by atoms with Crippen LogP contribution in [0.1, 0.15) is 35.2 Å². The van der Waals surface area contributed by atoms with Gasteiger partial charge in [0, 0.05) is 37.3 Å². The zero-order chi connectivity index (χ0) is 24.6. The monoisotopic (exact) mass is 484 g/mol. The van der Waals surface area contributed by atoms with E-state index < -0.39 is 0 Å². The first-order chi connectivity index (χ1) is 17.6. The number of anilines is 1. The number of hydrogen-bond acceptors (Lipinski definition) is 5. The number of ether oxygens (including phenoxy) is 2. The van der Waals surface area contributed by atoms with E-state index in [2.05, 4.69) is 46.7 Å². The summed E-state index contributed by atoms with van der Waals surface area (Å²) in [7, 11) is 0. The molecule has 2 aliphatic rings. The largest absolute Gasteiger partial charge is 0.488 e. The minimum Gasteiger partial charge on any atom is -0.488 e. The van der Waals surface area contributed by atoms with Crippen molar-refractivity contribution >= 4 is 28.6 Å². The van der Waals surface area contributed by atoms with Gasteiger partial charge < -0.3 is 19.8 Å². The Hall–Kier alpha value is -3.68. The number of benzene rings is 3. The van der Waals surface area contributed by atoms with E-state index in [1.807, 2.05) is 18.2 Å². The first-order valence-corrected chi connectivity index (χ1v) is 12.4. The third-order valence-corrected chi connectivity index (χ3v) is 7.04. The Morgan fingerprint density at radius 2 is 1.89 bits per heavy atom. The van der Waals surface area contributed by atoms with Gasteiger partial charge in [0.2, 0.25) is 5.95 Å². The number of hydrogen-bond donors (Lipinski definition) is 1. The van der Waals surface area contributed by atoms with Crippen LogP contribution in [0.15, 0.2) is 60.7 Å². The summed E-state index contributed by atoms with van der Waals surface area (Å²) in [5, 5.41) is 0. The number of nitrogens with two attached hydrogens (primary N) is 1. The quantitative estimate of drug-likeness (QED) is 0.435. The Labute approximate surface area is 209 Å². The summed E-state index contributed by atoms with van der Waals surface area (Å²) in [4.78, 5) is 7.10. The molecule has 0 radical (unpaired) electrons. The van der Waals surface area contributed by atoms with Crippen molar-refractivity contribution in [3.05, 3.63) is 88.7 Å². The van der Waals surface area contributed by atoms with Gasteiger partial charge in [-0.3, -0.25) is 4.90 Å². The molecule has 1 fully saturated rings. The smallest absolute Gasteiger partial charge is 0.201 e. The van der Waals surface area contributed by atoms with Crippen LogP contribution in [0.3, 0.4) is 0 Å². The van der Waals surface area contributed by atoms with E-state index >= 15 is 0 Å². The van der Waals surface area contributed by atoms with Crippen LogP contribution in [-0.2, 0) is 11.3 Å². The molecule has 6 rings (SSSR count). The van der Waals surface area contributed by atoms with Crippen LogP contribution < -0.4 is 10.5 Å². The fourth-order valence-corrected chi connectivity index (χ4v) is 5.30. The maximum atomic E-state index is 14.0. The molecule has 0 aliphatic carbocycles. The molecule has 0 unspecified atom stereocenters. The third kappa shape index (κ3) is 4.25. The van der Waals surface area contributed by atoms with E-state index in [0.717, 1.165) is 71.7 Å². The fraction of sp³-hybridized carbons (Fsp3) is 0.276. The predicted molar refractivity (Wildman–Crippen MR) is 140 cm³/mol. The van der Waals surface area contributed by atoms with Crippen LogP contribution in [-0.4, -0.2) is 47.3 Å². The topological polar surface area (TPSA) is 65.5 Å². The predicted octanol–water partition coefficient (Wildman–Crippen LogP) is 5.13. The van der Waals surface area contributed by atoms with Gasteiger partial charge in [0.25, 0.3) is 0 Å². The van der Waals surface area contributed by atoms with Crippen molar-refractivity contribution in [2.24, 2.45) is 0 Å². The lowest BCUT2D eigenvalue weighted by atomic mass is 9.92. The molecular formula is C29H29FN4O2. The van der Waals surface area contributed by atoms with E-state index in [9.17, 15) is 4.39 Å². The average molecular weight is 485 g/mol. The Bertz CT molecular complexity index is 1460. The molecule has 0 amide bonds. The summed E-state index contributed by atoms with van der Waals surface area (Å²) in [6.45, 7) is 6.89. The lowest BCUT2D eigenvalue weighted by Crippen LogP contribution is -2.39. The Balaban J connectivity index is 1.40. The maximum Gasteiger partial charge on any atom is 0.201 e. The lowest BCUT2D eigenvalue weighted by molar-refractivity contribution is 0.0329. The molecule has 7 heteroatoms. The molecule has 2 N–H and O–H groups in total. The molecule has 0 bridgehead atoms. The number of rotatable bonds is 4. The molecule has 1 saturated heterocycles. The molecule has 3 aromatic carbocycles. The van der Waals surface area contributed by atoms with Crippen LogP contribution in [0, 0.1) is 5.82 Å². The van der Waals surface area contributed by atoms with E-state index in [4.69, 9.17) is 20.2 Å². The molecule has 1 atom stereocenters. The SMILES string of the molecule is C[C@@H](CN1CCOCC1)n1c(N)nc2cc(/C=C3\c4ccccc4COc4cc(F)ccc43)ccc21. The van der Waals surface area contributed by atoms with Crippen LogP contribution >= 0.6 is 0 Å². The van der Waals surface area contributed by atoms with Crippen molar-refractivity contribution in [1.29, 1.82) is 0 Å². The van der Waals surface area contributed by atoms with E-state index in [1.54, 1.807) is 6.07 Å². The second kappa shape index (κ2) is 9.41. The van der Waals surface area contributed by atoms with Crippen LogP contribution in [0.25, 0.3) is 22.7 Å². The van der Waals surface area contributed by atoms with Gasteiger partial charge >= 0.3 is 0 Å². The van der Waals surface area contributed by atoms with Gasteiger partial charge in [-0.2, -0.15) is 0 Å². The number of morpholine rings is 1. The lowest BCUT2D eigenvalue weighted by Gasteiger charge is -2.30. The van der Waals surface area contributed by atoms with Gasteiger partial charge in [-0.15, -0.1) is 0 Å². The number of aromatic nitrogens is 2. The Kier molecular flexibility index (Phi) is 5.95. The minimum absolute atomic E-state index is 0.185. The molecule has 6 nitrogen and oxygen atoms in total. The molecule has 3 heterocycles. The van der Waals surface area contributed by atoms with Crippen molar-refractivity contribution in [2.75, 3.05) is 38.6 Å². The molecule has 184 valence electrons. The highest BCUT2D eigenvalue weighted by atomic mass is 19.1. The van der Waals surface area contributed by atoms with Crippen molar-refractivity contribution in [2.45, 2.75) is 19.6 Å². The first kappa shape index (κ1) is 22.8. The summed E-state index contributed by atoms with van der Waals surface area (Å²) < 4.78 is 27.6. The number of nitrogens with zero attached hydrogens (tertiary/aromatic N) is 3. The van der Waals surface area contributed by atoms with Crippen LogP contribution in [0.4, 0.5) is 10.3 Å². The van der Waals surface area contributed by atoms with Crippen molar-refractivity contribution < 1.29 is 13.9 Å². The first-order valence-electron chi connectivity index (χ1n) is 12.4. The van der Waals surface area contributed by atoms with Gasteiger partial charge in [0.15, 0.2) is 0 Å². The standard InChI is InChI=1S/C29H29FN4O2/c1-19(17-33-10-12-35-13-11-33)34-27-9-6-20(15-26(27)32-29(34)31)14-25-23-5-3-2-4-21(23)18-36-28-16-22(30)7-8-24(25)28/h2-9,14-16,19H,10-13,17-18H2,1H3,(H2,31,32)/b25-14+/t19-/m0/s1. The van der Waals surface area contributed by atoms with E-state index in [0.29, 0.717) is 18.3 Å². The summed E-state index contributed by atoms with van der Waals surface area (Å²) in [6.07, 6.45) is 2.12. The Morgan fingerprint density at radius 3 is 2.75 bits per heavy atom. The van der Waals surface area contributed by atoms with Gasteiger partial charge in [0.05, 0.1) is 24.2 Å². The van der Waals surface area contributed by atoms with Gasteiger partial charge in [0.1, 0.15) is 18.2 Å². The number of fused-ring (bicyclic) bond motifs is 3. The highest BCUT2D eigenvalue weighted by Gasteiger charge is 2.21. The number of halogens is 1. The van der Waals surface area contributed by atoms with Crippen molar-refractivity contribution in [3.8, 4) is 5.75 Å². The van der Waals surface area contributed by atoms with Gasteiger partial charge in [-0.25, -0.2) is 9.37 Å². The molecular weight excluding hydrogens is 455 g/mol. The maximum absolute atomic E-state index is 14.0. The Morgan fingerprint density at radius 1 is 1.06 bits per heavy atom. The van der Waals surface area contributed by atoms with Gasteiger partial charge in [-0.1, -0.05) is 30.3 Å². The van der Waals surface area contributed by atoms with Crippen LogP contribution in [0.5, 0.6) is 5.75 Å². The zero-order valence-corrected chi connectivity index (χ0v) is 20.3. The number of nitrogen functional groups attached to an aromatic ring is 1. The molecule has 4 aromatic rings. The fourth-order valence-electron chi connectivity index (χ4n) is 5.30. The van der Waals surface area contributed by atoms with Crippen molar-refractivity contribution in [3.63, 3.8) is 0 Å². The van der Waals surface area contributed by atoms with Gasteiger partial charge in [-0.05, 0) is 59.5 Å². The molecule has 1 aromatic heterocycles. The number of imidazole rings is 1. The molecule has 0 spiro atoms. The zero-order valence-electron chi connectivity index (χ0n) is 20.3. The highest BCUT2D eigenvalue weighted by Crippen LogP contribution is 2.38. The summed E-state index contributed by atoms with van der Waals surface area (Å²) >= 11 is 0. The summed E-state index contributed by atoms with van der Waals surface area (Å²) in [5.74, 6) is 0.751. The van der Waals surface area contributed by atoms with Crippen LogP contribution in [0.2, 0.25) is 0 Å². The molecule has 0 saturated carbocycles. The highest BCUT2D eigenvalue weighted by molar-refractivity contribution is 5.96.